The molecule has 0 aliphatic heterocycles. The van der Waals surface area contributed by atoms with E-state index in [1.165, 1.54) is 18.2 Å². The van der Waals surface area contributed by atoms with Crippen LogP contribution in [0.4, 0.5) is 24.5 Å². The molecule has 0 aliphatic carbocycles. The molecule has 4 aromatic rings. The summed E-state index contributed by atoms with van der Waals surface area (Å²) in [6.07, 6.45) is -3.68. The zero-order chi connectivity index (χ0) is 28.0. The number of fused-ring (bicyclic) bond motifs is 1. The molecule has 0 saturated heterocycles. The normalized spacial score (nSPS) is 12.5. The van der Waals surface area contributed by atoms with Crippen molar-refractivity contribution in [1.82, 2.24) is 4.98 Å². The lowest BCUT2D eigenvalue weighted by Gasteiger charge is -2.14. The Morgan fingerprint density at radius 3 is 2.11 bits per heavy atom. The molecule has 1 heterocycles. The van der Waals surface area contributed by atoms with Gasteiger partial charge in [0, 0.05) is 0 Å². The lowest BCUT2D eigenvalue weighted by atomic mass is 10.2. The highest BCUT2D eigenvalue weighted by atomic mass is 35.5. The second kappa shape index (κ2) is 10.2. The average molecular weight is 647 g/mol. The van der Waals surface area contributed by atoms with Crippen LogP contribution in [0, 0.1) is 0 Å². The van der Waals surface area contributed by atoms with Gasteiger partial charge in [-0.1, -0.05) is 46.1 Å². The van der Waals surface area contributed by atoms with E-state index in [0.717, 1.165) is 23.7 Å². The monoisotopic (exact) mass is 645 g/mol. The number of benzene rings is 3. The van der Waals surface area contributed by atoms with Gasteiger partial charge in [-0.2, -0.15) is 13.2 Å². The first-order chi connectivity index (χ1) is 17.5. The minimum Gasteiger partial charge on any atom is -0.428 e. The standard InChI is InChI=1S/C21H13Cl3F3N3O5S3/c1-37(31,32)29-11-3-4-16-17(9-11)36-20(28-16)35-19-14(23)7-12(8-15(19)24)30-38(33,34)18-5-2-10(6-13(18)22)21(25,26)27/h2-9,29-30H,1H3. The average Bonchev–Trinajstić information content (AvgIpc) is 3.16. The fourth-order valence-corrected chi connectivity index (χ4v) is 6.70. The van der Waals surface area contributed by atoms with Crippen LogP contribution < -0.4 is 14.2 Å². The maximum Gasteiger partial charge on any atom is 0.416 e. The Balaban J connectivity index is 1.57. The van der Waals surface area contributed by atoms with Gasteiger partial charge in [0.15, 0.2) is 5.75 Å². The van der Waals surface area contributed by atoms with Gasteiger partial charge in [0.25, 0.3) is 15.2 Å². The molecule has 0 fully saturated rings. The first kappa shape index (κ1) is 28.5. The van der Waals surface area contributed by atoms with E-state index in [0.29, 0.717) is 28.0 Å². The highest BCUT2D eigenvalue weighted by Crippen LogP contribution is 2.42. The van der Waals surface area contributed by atoms with Crippen LogP contribution in [0.15, 0.2) is 53.4 Å². The van der Waals surface area contributed by atoms with Crippen molar-refractivity contribution in [3.05, 3.63) is 69.2 Å². The maximum atomic E-state index is 12.9. The van der Waals surface area contributed by atoms with E-state index < -0.39 is 41.7 Å². The number of aromatic nitrogens is 1. The van der Waals surface area contributed by atoms with Gasteiger partial charge in [0.2, 0.25) is 10.0 Å². The van der Waals surface area contributed by atoms with Crippen LogP contribution in [-0.2, 0) is 26.2 Å². The summed E-state index contributed by atoms with van der Waals surface area (Å²) in [6, 6.07) is 8.86. The number of ether oxygens (including phenoxy) is 1. The SMILES string of the molecule is CS(=O)(=O)Nc1ccc2nc(Oc3c(Cl)cc(NS(=O)(=O)c4ccc(C(F)(F)F)cc4Cl)cc3Cl)sc2c1. The van der Waals surface area contributed by atoms with Gasteiger partial charge in [-0.3, -0.25) is 9.44 Å². The zero-order valence-corrected chi connectivity index (χ0v) is 23.3. The van der Waals surface area contributed by atoms with Crippen LogP contribution in [0.3, 0.4) is 0 Å². The summed E-state index contributed by atoms with van der Waals surface area (Å²) in [7, 11) is -7.89. The predicted molar refractivity (Wildman–Crippen MR) is 142 cm³/mol. The molecule has 0 spiro atoms. The van der Waals surface area contributed by atoms with Gasteiger partial charge in [-0.05, 0) is 48.5 Å². The summed E-state index contributed by atoms with van der Waals surface area (Å²) in [6.45, 7) is 0. The number of halogens is 6. The predicted octanol–water partition coefficient (Wildman–Crippen LogP) is 7.24. The Bertz CT molecular complexity index is 1760. The molecule has 2 N–H and O–H groups in total. The summed E-state index contributed by atoms with van der Waals surface area (Å²) >= 11 is 19.4. The molecular weight excluding hydrogens is 634 g/mol. The van der Waals surface area contributed by atoms with Crippen LogP contribution in [0.25, 0.3) is 10.2 Å². The number of hydrogen-bond acceptors (Lipinski definition) is 7. The highest BCUT2D eigenvalue weighted by Gasteiger charge is 2.32. The molecule has 3 aromatic carbocycles. The lowest BCUT2D eigenvalue weighted by Crippen LogP contribution is -2.14. The van der Waals surface area contributed by atoms with Crippen LogP contribution in [0.1, 0.15) is 5.56 Å². The minimum atomic E-state index is -4.70. The third-order valence-electron chi connectivity index (χ3n) is 4.66. The molecule has 0 bridgehead atoms. The highest BCUT2D eigenvalue weighted by molar-refractivity contribution is 7.93. The van der Waals surface area contributed by atoms with E-state index in [-0.39, 0.29) is 26.7 Å². The van der Waals surface area contributed by atoms with Crippen molar-refractivity contribution in [2.75, 3.05) is 15.7 Å². The van der Waals surface area contributed by atoms with E-state index in [4.69, 9.17) is 39.5 Å². The molecular formula is C21H13Cl3F3N3O5S3. The summed E-state index contributed by atoms with van der Waals surface area (Å²) in [4.78, 5) is 3.69. The lowest BCUT2D eigenvalue weighted by molar-refractivity contribution is -0.137. The van der Waals surface area contributed by atoms with Crippen molar-refractivity contribution in [3.63, 3.8) is 0 Å². The van der Waals surface area contributed by atoms with Gasteiger partial charge in [0.05, 0.1) is 48.5 Å². The number of nitrogens with one attached hydrogen (secondary N) is 2. The van der Waals surface area contributed by atoms with Gasteiger partial charge in [-0.15, -0.1) is 0 Å². The minimum absolute atomic E-state index is 0.0441. The summed E-state index contributed by atoms with van der Waals surface area (Å²) in [5, 5.41) is -0.722. The second-order valence-corrected chi connectivity index (χ2v) is 13.3. The molecule has 38 heavy (non-hydrogen) atoms. The zero-order valence-electron chi connectivity index (χ0n) is 18.6. The largest absolute Gasteiger partial charge is 0.428 e. The Labute approximate surface area is 233 Å². The molecule has 17 heteroatoms. The molecule has 4 rings (SSSR count). The molecule has 0 atom stereocenters. The maximum absolute atomic E-state index is 12.9. The third kappa shape index (κ3) is 6.55. The number of anilines is 2. The Morgan fingerprint density at radius 2 is 1.53 bits per heavy atom. The van der Waals surface area contributed by atoms with Crippen LogP contribution in [-0.4, -0.2) is 28.1 Å². The van der Waals surface area contributed by atoms with Gasteiger partial charge in [0.1, 0.15) is 4.90 Å². The van der Waals surface area contributed by atoms with Crippen molar-refractivity contribution in [1.29, 1.82) is 0 Å². The van der Waals surface area contributed by atoms with Crippen molar-refractivity contribution in [2.45, 2.75) is 11.1 Å². The van der Waals surface area contributed by atoms with Crippen LogP contribution in [0.5, 0.6) is 10.9 Å². The van der Waals surface area contributed by atoms with Crippen LogP contribution in [0.2, 0.25) is 15.1 Å². The number of thiazole rings is 1. The molecule has 0 aliphatic rings. The van der Waals surface area contributed by atoms with E-state index in [9.17, 15) is 30.0 Å². The van der Waals surface area contributed by atoms with Gasteiger partial charge >= 0.3 is 6.18 Å². The number of sulfonamides is 2. The molecule has 8 nitrogen and oxygen atoms in total. The summed E-state index contributed by atoms with van der Waals surface area (Å²) in [5.41, 5.74) is -0.374. The van der Waals surface area contributed by atoms with Crippen molar-refractivity contribution >= 4 is 87.8 Å². The fraction of sp³-hybridized carbons (Fsp3) is 0.0952. The van der Waals surface area contributed by atoms with E-state index >= 15 is 0 Å². The molecule has 1 aromatic heterocycles. The first-order valence-electron chi connectivity index (χ1n) is 9.97. The van der Waals surface area contributed by atoms with E-state index in [2.05, 4.69) is 14.4 Å². The number of rotatable bonds is 7. The fourth-order valence-electron chi connectivity index (χ4n) is 3.13. The topological polar surface area (TPSA) is 114 Å². The van der Waals surface area contributed by atoms with Crippen molar-refractivity contribution < 1.29 is 34.7 Å². The molecule has 202 valence electrons. The Kier molecular flexibility index (Phi) is 7.69. The van der Waals surface area contributed by atoms with E-state index in [1.807, 2.05) is 0 Å². The van der Waals surface area contributed by atoms with Crippen LogP contribution >= 0.6 is 46.1 Å². The van der Waals surface area contributed by atoms with Crippen molar-refractivity contribution in [2.24, 2.45) is 0 Å². The smallest absolute Gasteiger partial charge is 0.416 e. The summed E-state index contributed by atoms with van der Waals surface area (Å²) in [5.74, 6) is -0.0441. The van der Waals surface area contributed by atoms with Gasteiger partial charge < -0.3 is 4.74 Å². The quantitative estimate of drug-likeness (QED) is 0.219. The molecule has 0 saturated carbocycles. The molecule has 0 amide bonds. The number of nitrogens with zero attached hydrogens (tertiary/aromatic N) is 1. The molecule has 0 unspecified atom stereocenters. The molecule has 0 radical (unpaired) electrons. The number of alkyl halides is 3. The summed E-state index contributed by atoms with van der Waals surface area (Å²) < 4.78 is 97.8. The Hall–Kier alpha value is -2.49. The first-order valence-corrected chi connectivity index (χ1v) is 15.3. The Morgan fingerprint density at radius 1 is 0.868 bits per heavy atom. The van der Waals surface area contributed by atoms with Crippen molar-refractivity contribution in [3.8, 4) is 10.9 Å². The third-order valence-corrected chi connectivity index (χ3v) is 8.59. The second-order valence-electron chi connectivity index (χ2n) is 7.66. The van der Waals surface area contributed by atoms with Gasteiger partial charge in [-0.25, -0.2) is 21.8 Å². The van der Waals surface area contributed by atoms with E-state index in [1.54, 1.807) is 12.1 Å². The number of hydrogen-bond donors (Lipinski definition) is 2.